The Kier molecular flexibility index (Phi) is 8.29. The molecular weight excluding hydrogens is 456 g/mol. The summed E-state index contributed by atoms with van der Waals surface area (Å²) < 4.78 is 2.05. The van der Waals surface area contributed by atoms with E-state index in [2.05, 4.69) is 48.5 Å². The highest BCUT2D eigenvalue weighted by Gasteiger charge is 2.29. The van der Waals surface area contributed by atoms with E-state index in [4.69, 9.17) is 0 Å². The van der Waals surface area contributed by atoms with Gasteiger partial charge in [-0.15, -0.1) is 0 Å². The lowest BCUT2D eigenvalue weighted by atomic mass is 10.0. The largest absolute Gasteiger partial charge is 0.339 e. The van der Waals surface area contributed by atoms with Gasteiger partial charge in [0.25, 0.3) is 5.91 Å². The van der Waals surface area contributed by atoms with Gasteiger partial charge in [0.1, 0.15) is 0 Å². The molecule has 0 bridgehead atoms. The Balaban J connectivity index is 1.37. The minimum absolute atomic E-state index is 0.0752. The molecule has 3 aromatic rings. The van der Waals surface area contributed by atoms with E-state index in [1.165, 1.54) is 22.9 Å². The van der Waals surface area contributed by atoms with Gasteiger partial charge in [0, 0.05) is 49.3 Å². The van der Waals surface area contributed by atoms with Crippen molar-refractivity contribution >= 4 is 23.6 Å². The van der Waals surface area contributed by atoms with E-state index in [1.807, 2.05) is 46.3 Å². The molecule has 1 fully saturated rings. The first-order chi connectivity index (χ1) is 17.0. The lowest BCUT2D eigenvalue weighted by Crippen LogP contribution is -2.49. The van der Waals surface area contributed by atoms with Crippen LogP contribution in [-0.4, -0.2) is 62.6 Å². The summed E-state index contributed by atoms with van der Waals surface area (Å²) in [6, 6.07) is 16.0. The van der Waals surface area contributed by atoms with Crippen LogP contribution >= 0.6 is 11.8 Å². The Labute approximate surface area is 212 Å². The standard InChI is InChI=1S/C28H34N4O2S/c1-4-13-31(24-10-14-30(15-11-24)27(34)23-8-6-5-7-9-23)26(33)20-35-28-29-12-16-32(28)25-18-21(2)17-22(3)19-25/h5-9,12,16-19,24H,4,10-11,13-15,20H2,1-3H3. The molecular formula is C28H34N4O2S. The number of aromatic nitrogens is 2. The van der Waals surface area contributed by atoms with E-state index in [1.54, 1.807) is 6.20 Å². The van der Waals surface area contributed by atoms with E-state index < -0.39 is 0 Å². The number of aryl methyl sites for hydroxylation is 2. The van der Waals surface area contributed by atoms with E-state index in [-0.39, 0.29) is 17.9 Å². The number of likely N-dealkylation sites (tertiary alicyclic amines) is 1. The Hall–Kier alpha value is -3.06. The Morgan fingerprint density at radius 2 is 1.74 bits per heavy atom. The van der Waals surface area contributed by atoms with Crippen LogP contribution in [-0.2, 0) is 4.79 Å². The van der Waals surface area contributed by atoms with Gasteiger partial charge in [-0.05, 0) is 68.5 Å². The van der Waals surface area contributed by atoms with Crippen LogP contribution in [0.4, 0.5) is 0 Å². The lowest BCUT2D eigenvalue weighted by Gasteiger charge is -2.38. The molecule has 4 rings (SSSR count). The summed E-state index contributed by atoms with van der Waals surface area (Å²) in [4.78, 5) is 34.6. The topological polar surface area (TPSA) is 58.4 Å². The van der Waals surface area contributed by atoms with Gasteiger partial charge in [-0.1, -0.05) is 43.0 Å². The molecule has 0 atom stereocenters. The summed E-state index contributed by atoms with van der Waals surface area (Å²) in [6.45, 7) is 8.37. The number of piperidine rings is 1. The molecule has 1 aliphatic rings. The van der Waals surface area contributed by atoms with Gasteiger partial charge < -0.3 is 9.80 Å². The Morgan fingerprint density at radius 3 is 2.40 bits per heavy atom. The molecule has 0 radical (unpaired) electrons. The van der Waals surface area contributed by atoms with Gasteiger partial charge in [0.15, 0.2) is 5.16 Å². The average molecular weight is 491 g/mol. The monoisotopic (exact) mass is 490 g/mol. The fourth-order valence-electron chi connectivity index (χ4n) is 4.79. The molecule has 7 heteroatoms. The molecule has 2 heterocycles. The molecule has 0 saturated carbocycles. The van der Waals surface area contributed by atoms with Crippen LogP contribution in [0.25, 0.3) is 5.69 Å². The maximum atomic E-state index is 13.3. The van der Waals surface area contributed by atoms with Crippen molar-refractivity contribution in [3.63, 3.8) is 0 Å². The molecule has 6 nitrogen and oxygen atoms in total. The normalized spacial score (nSPS) is 14.2. The van der Waals surface area contributed by atoms with E-state index in [0.717, 1.165) is 42.2 Å². The van der Waals surface area contributed by atoms with Crippen molar-refractivity contribution in [3.8, 4) is 5.69 Å². The van der Waals surface area contributed by atoms with Gasteiger partial charge in [0.2, 0.25) is 5.91 Å². The van der Waals surface area contributed by atoms with Crippen molar-refractivity contribution in [3.05, 3.63) is 77.6 Å². The molecule has 2 amide bonds. The zero-order valence-electron chi connectivity index (χ0n) is 20.8. The second kappa shape index (κ2) is 11.6. The number of thioether (sulfide) groups is 1. The summed E-state index contributed by atoms with van der Waals surface area (Å²) in [5.74, 6) is 0.566. The van der Waals surface area contributed by atoms with Crippen molar-refractivity contribution < 1.29 is 9.59 Å². The third-order valence-corrected chi connectivity index (χ3v) is 7.37. The van der Waals surface area contributed by atoms with Crippen LogP contribution < -0.4 is 0 Å². The predicted molar refractivity (Wildman–Crippen MR) is 141 cm³/mol. The second-order valence-electron chi connectivity index (χ2n) is 9.19. The zero-order valence-corrected chi connectivity index (χ0v) is 21.6. The number of nitrogens with zero attached hydrogens (tertiary/aromatic N) is 4. The molecule has 1 aromatic heterocycles. The van der Waals surface area contributed by atoms with E-state index in [9.17, 15) is 9.59 Å². The molecule has 1 saturated heterocycles. The van der Waals surface area contributed by atoms with Gasteiger partial charge >= 0.3 is 0 Å². The Morgan fingerprint density at radius 1 is 1.06 bits per heavy atom. The third-order valence-electron chi connectivity index (χ3n) is 6.41. The van der Waals surface area contributed by atoms with Crippen molar-refractivity contribution in [1.82, 2.24) is 19.4 Å². The zero-order chi connectivity index (χ0) is 24.8. The lowest BCUT2D eigenvalue weighted by molar-refractivity contribution is -0.131. The fourth-order valence-corrected chi connectivity index (χ4v) is 5.65. The first kappa shape index (κ1) is 25.0. The quantitative estimate of drug-likeness (QED) is 0.411. The highest BCUT2D eigenvalue weighted by molar-refractivity contribution is 7.99. The van der Waals surface area contributed by atoms with Crippen molar-refractivity contribution in [2.24, 2.45) is 0 Å². The number of amides is 2. The summed E-state index contributed by atoms with van der Waals surface area (Å²) in [7, 11) is 0. The number of carbonyl (C=O) groups is 2. The number of imidazole rings is 1. The number of benzene rings is 2. The molecule has 184 valence electrons. The molecule has 0 N–H and O–H groups in total. The fraction of sp³-hybridized carbons (Fsp3) is 0.393. The van der Waals surface area contributed by atoms with Gasteiger partial charge in [0.05, 0.1) is 5.75 Å². The van der Waals surface area contributed by atoms with Crippen molar-refractivity contribution in [2.75, 3.05) is 25.4 Å². The molecule has 1 aliphatic heterocycles. The number of hydrogen-bond acceptors (Lipinski definition) is 4. The van der Waals surface area contributed by atoms with E-state index >= 15 is 0 Å². The summed E-state index contributed by atoms with van der Waals surface area (Å²) in [6.07, 6.45) is 6.27. The highest BCUT2D eigenvalue weighted by atomic mass is 32.2. The molecule has 2 aromatic carbocycles. The maximum absolute atomic E-state index is 13.3. The van der Waals surface area contributed by atoms with Crippen LogP contribution in [0.3, 0.4) is 0 Å². The molecule has 35 heavy (non-hydrogen) atoms. The van der Waals surface area contributed by atoms with Crippen LogP contribution in [0.2, 0.25) is 0 Å². The molecule has 0 spiro atoms. The van der Waals surface area contributed by atoms with Crippen LogP contribution in [0.5, 0.6) is 0 Å². The minimum Gasteiger partial charge on any atom is -0.339 e. The second-order valence-corrected chi connectivity index (χ2v) is 10.1. The van der Waals surface area contributed by atoms with Gasteiger partial charge in [-0.2, -0.15) is 0 Å². The highest BCUT2D eigenvalue weighted by Crippen LogP contribution is 2.25. The number of rotatable bonds is 8. The van der Waals surface area contributed by atoms with Gasteiger partial charge in [-0.3, -0.25) is 14.2 Å². The summed E-state index contributed by atoms with van der Waals surface area (Å²) in [5.41, 5.74) is 4.19. The number of hydrogen-bond donors (Lipinski definition) is 0. The number of carbonyl (C=O) groups excluding carboxylic acids is 2. The van der Waals surface area contributed by atoms with Crippen LogP contribution in [0.1, 0.15) is 47.7 Å². The van der Waals surface area contributed by atoms with Crippen molar-refractivity contribution in [1.29, 1.82) is 0 Å². The minimum atomic E-state index is 0.0752. The van der Waals surface area contributed by atoms with Gasteiger partial charge in [-0.25, -0.2) is 4.98 Å². The average Bonchev–Trinajstić information content (AvgIpc) is 3.34. The first-order valence-electron chi connectivity index (χ1n) is 12.3. The summed E-state index contributed by atoms with van der Waals surface area (Å²) >= 11 is 1.49. The third kappa shape index (κ3) is 6.14. The Bertz CT molecular complexity index is 1130. The van der Waals surface area contributed by atoms with Crippen molar-refractivity contribution in [2.45, 2.75) is 51.2 Å². The van der Waals surface area contributed by atoms with Crippen LogP contribution in [0.15, 0.2) is 66.1 Å². The maximum Gasteiger partial charge on any atom is 0.253 e. The van der Waals surface area contributed by atoms with E-state index in [0.29, 0.717) is 18.8 Å². The summed E-state index contributed by atoms with van der Waals surface area (Å²) in [5, 5.41) is 0.822. The first-order valence-corrected chi connectivity index (χ1v) is 13.3. The molecule has 0 aliphatic carbocycles. The SMILES string of the molecule is CCCN(C(=O)CSc1nccn1-c1cc(C)cc(C)c1)C1CCN(C(=O)c2ccccc2)CC1. The predicted octanol–water partition coefficient (Wildman–Crippen LogP) is 5.12. The van der Waals surface area contributed by atoms with Crippen LogP contribution in [0, 0.1) is 13.8 Å². The molecule has 0 unspecified atom stereocenters. The smallest absolute Gasteiger partial charge is 0.253 e.